The minimum atomic E-state index is -4.29. The summed E-state index contributed by atoms with van der Waals surface area (Å²) in [7, 11) is 1.58. The first-order chi connectivity index (χ1) is 10.9. The highest BCUT2D eigenvalue weighted by atomic mass is 19.4. The van der Waals surface area contributed by atoms with Gasteiger partial charge in [-0.3, -0.25) is 4.99 Å². The van der Waals surface area contributed by atoms with E-state index in [0.717, 1.165) is 0 Å². The Labute approximate surface area is 132 Å². The Kier molecular flexibility index (Phi) is 8.39. The van der Waals surface area contributed by atoms with Crippen LogP contribution in [0.15, 0.2) is 29.3 Å². The molecule has 0 unspecified atom stereocenters. The Balaban J connectivity index is 2.14. The number of hydrogen-bond donors (Lipinski definition) is 2. The van der Waals surface area contributed by atoms with Crippen LogP contribution < -0.4 is 10.6 Å². The predicted molar refractivity (Wildman–Crippen MR) is 81.0 cm³/mol. The van der Waals surface area contributed by atoms with E-state index in [1.165, 1.54) is 6.07 Å². The minimum Gasteiger partial charge on any atom is -0.372 e. The summed E-state index contributed by atoms with van der Waals surface area (Å²) in [4.78, 5) is 3.98. The molecule has 0 aromatic heterocycles. The number of alkyl halides is 3. The lowest BCUT2D eigenvalue weighted by Gasteiger charge is -2.12. The van der Waals surface area contributed by atoms with Gasteiger partial charge in [-0.25, -0.2) is 4.39 Å². The van der Waals surface area contributed by atoms with Crippen LogP contribution in [-0.2, 0) is 11.2 Å². The third-order valence-electron chi connectivity index (χ3n) is 2.89. The average Bonchev–Trinajstić information content (AvgIpc) is 2.49. The molecule has 0 aliphatic rings. The molecule has 0 atom stereocenters. The fourth-order valence-corrected chi connectivity index (χ4v) is 1.81. The van der Waals surface area contributed by atoms with Crippen LogP contribution in [0.2, 0.25) is 0 Å². The molecule has 1 aromatic rings. The van der Waals surface area contributed by atoms with Gasteiger partial charge in [-0.05, 0) is 24.5 Å². The molecule has 130 valence electrons. The van der Waals surface area contributed by atoms with Gasteiger partial charge in [0.2, 0.25) is 0 Å². The molecular formula is C15H21F4N3O. The van der Waals surface area contributed by atoms with Crippen molar-refractivity contribution in [1.29, 1.82) is 0 Å². The predicted octanol–water partition coefficient (Wildman–Crippen LogP) is 2.50. The van der Waals surface area contributed by atoms with E-state index in [1.54, 1.807) is 25.2 Å². The number of ether oxygens (including phenoxy) is 1. The van der Waals surface area contributed by atoms with E-state index in [2.05, 4.69) is 20.4 Å². The van der Waals surface area contributed by atoms with Gasteiger partial charge in [-0.1, -0.05) is 18.2 Å². The van der Waals surface area contributed by atoms with Gasteiger partial charge >= 0.3 is 6.18 Å². The first-order valence-electron chi connectivity index (χ1n) is 7.25. The number of benzene rings is 1. The van der Waals surface area contributed by atoms with Crippen LogP contribution in [0, 0.1) is 5.82 Å². The van der Waals surface area contributed by atoms with E-state index >= 15 is 0 Å². The molecule has 2 N–H and O–H groups in total. The first-order valence-corrected chi connectivity index (χ1v) is 7.25. The van der Waals surface area contributed by atoms with Crippen LogP contribution in [0.4, 0.5) is 17.6 Å². The number of aliphatic imine (C=N–C) groups is 1. The monoisotopic (exact) mass is 335 g/mol. The lowest BCUT2D eigenvalue weighted by atomic mass is 10.1. The van der Waals surface area contributed by atoms with Gasteiger partial charge in [0, 0.05) is 26.7 Å². The van der Waals surface area contributed by atoms with Crippen molar-refractivity contribution in [1.82, 2.24) is 10.6 Å². The first kappa shape index (κ1) is 19.2. The van der Waals surface area contributed by atoms with E-state index in [-0.39, 0.29) is 12.4 Å². The number of guanidine groups is 1. The highest BCUT2D eigenvalue weighted by molar-refractivity contribution is 5.79. The van der Waals surface area contributed by atoms with Crippen molar-refractivity contribution < 1.29 is 22.3 Å². The van der Waals surface area contributed by atoms with Crippen molar-refractivity contribution in [3.05, 3.63) is 35.6 Å². The van der Waals surface area contributed by atoms with Crippen LogP contribution in [0.5, 0.6) is 0 Å². The molecule has 0 bridgehead atoms. The summed E-state index contributed by atoms with van der Waals surface area (Å²) in [5.41, 5.74) is 0.607. The number of rotatable bonds is 8. The fourth-order valence-electron chi connectivity index (χ4n) is 1.81. The smallest absolute Gasteiger partial charge is 0.372 e. The normalized spacial score (nSPS) is 12.3. The molecule has 1 rings (SSSR count). The molecular weight excluding hydrogens is 314 g/mol. The molecule has 0 heterocycles. The van der Waals surface area contributed by atoms with Gasteiger partial charge in [0.1, 0.15) is 12.4 Å². The second kappa shape index (κ2) is 10.0. The van der Waals surface area contributed by atoms with Crippen molar-refractivity contribution in [2.75, 3.05) is 33.4 Å². The summed E-state index contributed by atoms with van der Waals surface area (Å²) >= 11 is 0. The van der Waals surface area contributed by atoms with Crippen molar-refractivity contribution in [3.8, 4) is 0 Å². The molecule has 0 radical (unpaired) electrons. The lowest BCUT2D eigenvalue weighted by molar-refractivity contribution is -0.173. The molecule has 0 saturated carbocycles. The van der Waals surface area contributed by atoms with Crippen LogP contribution in [0.25, 0.3) is 0 Å². The summed E-state index contributed by atoms with van der Waals surface area (Å²) in [5, 5.41) is 5.96. The van der Waals surface area contributed by atoms with Crippen molar-refractivity contribution in [2.24, 2.45) is 4.99 Å². The number of nitrogens with zero attached hydrogens (tertiary/aromatic N) is 1. The number of hydrogen-bond acceptors (Lipinski definition) is 2. The standard InChI is InChI=1S/C15H21F4N3O/c1-20-14(21-8-4-10-23-11-15(17,18)19)22-9-7-12-5-2-3-6-13(12)16/h2-3,5-6H,4,7-11H2,1H3,(H2,20,21,22). The third-order valence-corrected chi connectivity index (χ3v) is 2.89. The van der Waals surface area contributed by atoms with E-state index in [0.29, 0.717) is 37.5 Å². The Hall–Kier alpha value is -1.83. The maximum Gasteiger partial charge on any atom is 0.411 e. The van der Waals surface area contributed by atoms with Gasteiger partial charge in [0.05, 0.1) is 0 Å². The highest BCUT2D eigenvalue weighted by Crippen LogP contribution is 2.14. The van der Waals surface area contributed by atoms with Crippen molar-refractivity contribution in [2.45, 2.75) is 19.0 Å². The number of nitrogens with one attached hydrogen (secondary N) is 2. The summed E-state index contributed by atoms with van der Waals surface area (Å²) < 4.78 is 53.5. The van der Waals surface area contributed by atoms with Crippen molar-refractivity contribution in [3.63, 3.8) is 0 Å². The Morgan fingerprint density at radius 1 is 1.17 bits per heavy atom. The SMILES string of the molecule is CN=C(NCCCOCC(F)(F)F)NCCc1ccccc1F. The van der Waals surface area contributed by atoms with Crippen LogP contribution in [-0.4, -0.2) is 45.5 Å². The number of halogens is 4. The topological polar surface area (TPSA) is 45.7 Å². The maximum atomic E-state index is 13.4. The molecule has 23 heavy (non-hydrogen) atoms. The molecule has 0 spiro atoms. The van der Waals surface area contributed by atoms with Gasteiger partial charge in [-0.15, -0.1) is 0 Å². The van der Waals surface area contributed by atoms with E-state index < -0.39 is 12.8 Å². The fraction of sp³-hybridized carbons (Fsp3) is 0.533. The van der Waals surface area contributed by atoms with E-state index in [4.69, 9.17) is 0 Å². The minimum absolute atomic E-state index is 0.0126. The Morgan fingerprint density at radius 2 is 1.87 bits per heavy atom. The van der Waals surface area contributed by atoms with Crippen LogP contribution in [0.3, 0.4) is 0 Å². The van der Waals surface area contributed by atoms with Gasteiger partial charge < -0.3 is 15.4 Å². The van der Waals surface area contributed by atoms with Gasteiger partial charge in [0.15, 0.2) is 5.96 Å². The van der Waals surface area contributed by atoms with E-state index in [9.17, 15) is 17.6 Å². The van der Waals surface area contributed by atoms with Crippen molar-refractivity contribution >= 4 is 5.96 Å². The Bertz CT molecular complexity index is 492. The Morgan fingerprint density at radius 3 is 2.52 bits per heavy atom. The zero-order chi connectivity index (χ0) is 17.1. The quantitative estimate of drug-likeness (QED) is 0.332. The molecule has 0 aliphatic heterocycles. The summed E-state index contributed by atoms with van der Waals surface area (Å²) in [6.07, 6.45) is -3.37. The second-order valence-electron chi connectivity index (χ2n) is 4.79. The third kappa shape index (κ3) is 9.02. The summed E-state index contributed by atoms with van der Waals surface area (Å²) in [5.74, 6) is 0.260. The molecule has 0 amide bonds. The highest BCUT2D eigenvalue weighted by Gasteiger charge is 2.27. The van der Waals surface area contributed by atoms with Gasteiger partial charge in [0.25, 0.3) is 0 Å². The molecule has 4 nitrogen and oxygen atoms in total. The van der Waals surface area contributed by atoms with Gasteiger partial charge in [-0.2, -0.15) is 13.2 Å². The molecule has 8 heteroatoms. The zero-order valence-electron chi connectivity index (χ0n) is 12.9. The zero-order valence-corrected chi connectivity index (χ0v) is 12.9. The molecule has 0 saturated heterocycles. The molecule has 0 aliphatic carbocycles. The largest absolute Gasteiger partial charge is 0.411 e. The average molecular weight is 335 g/mol. The maximum absolute atomic E-state index is 13.4. The van der Waals surface area contributed by atoms with E-state index in [1.807, 2.05) is 0 Å². The summed E-state index contributed by atoms with van der Waals surface area (Å²) in [6.45, 7) is -0.302. The molecule has 0 fully saturated rings. The van der Waals surface area contributed by atoms with Crippen LogP contribution >= 0.6 is 0 Å². The summed E-state index contributed by atoms with van der Waals surface area (Å²) in [6, 6.07) is 6.52. The lowest BCUT2D eigenvalue weighted by Crippen LogP contribution is -2.39. The second-order valence-corrected chi connectivity index (χ2v) is 4.79. The van der Waals surface area contributed by atoms with Crippen LogP contribution in [0.1, 0.15) is 12.0 Å². The molecule has 1 aromatic carbocycles.